The zero-order valence-electron chi connectivity index (χ0n) is 9.81. The molecule has 16 heavy (non-hydrogen) atoms. The van der Waals surface area contributed by atoms with E-state index in [2.05, 4.69) is 5.32 Å². The zero-order valence-corrected chi connectivity index (χ0v) is 11.4. The molecule has 0 aliphatic rings. The Balaban J connectivity index is -0.000000845. The molecule has 4 nitrogen and oxygen atoms in total. The predicted octanol–water partition coefficient (Wildman–Crippen LogP) is 1.69. The molecule has 0 heterocycles. The number of halogens is 2. The van der Waals surface area contributed by atoms with Crippen molar-refractivity contribution in [3.8, 4) is 0 Å². The molecular weight excluding hydrogens is 253 g/mol. The van der Waals surface area contributed by atoms with Gasteiger partial charge < -0.3 is 15.5 Å². The first-order valence-corrected chi connectivity index (χ1v) is 5.18. The van der Waals surface area contributed by atoms with E-state index in [-0.39, 0.29) is 43.4 Å². The van der Waals surface area contributed by atoms with Gasteiger partial charge in [0.05, 0.1) is 12.5 Å². The minimum atomic E-state index is -0.754. The van der Waals surface area contributed by atoms with E-state index in [0.29, 0.717) is 13.0 Å². The molecule has 2 atom stereocenters. The highest BCUT2D eigenvalue weighted by Gasteiger charge is 2.16. The van der Waals surface area contributed by atoms with Crippen LogP contribution < -0.4 is 5.32 Å². The number of unbranched alkanes of at least 4 members (excludes halogenated alkanes) is 1. The Bertz CT molecular complexity index is 170. The number of carboxylic acids is 1. The number of hydrogen-bond donors (Lipinski definition) is 3. The van der Waals surface area contributed by atoms with Crippen LogP contribution in [0.2, 0.25) is 0 Å². The third kappa shape index (κ3) is 10.5. The van der Waals surface area contributed by atoms with E-state index in [0.717, 1.165) is 12.8 Å². The van der Waals surface area contributed by atoms with E-state index < -0.39 is 5.97 Å². The van der Waals surface area contributed by atoms with Crippen LogP contribution in [-0.2, 0) is 4.79 Å². The molecule has 3 N–H and O–H groups in total. The molecule has 0 spiro atoms. The SMILES string of the molecule is CCCCC(CN[C@H](C)CO)C(=O)O.Cl.Cl. The lowest BCUT2D eigenvalue weighted by Crippen LogP contribution is -2.36. The molecule has 0 aromatic heterocycles. The molecule has 0 aromatic carbocycles. The lowest BCUT2D eigenvalue weighted by atomic mass is 10.0. The van der Waals surface area contributed by atoms with E-state index in [1.54, 1.807) is 0 Å². The number of hydrogen-bond acceptors (Lipinski definition) is 3. The fourth-order valence-corrected chi connectivity index (χ4v) is 1.17. The van der Waals surface area contributed by atoms with Crippen LogP contribution in [0.1, 0.15) is 33.1 Å². The molecule has 0 rings (SSSR count). The van der Waals surface area contributed by atoms with Gasteiger partial charge in [-0.1, -0.05) is 19.8 Å². The third-order valence-corrected chi connectivity index (χ3v) is 2.24. The minimum absolute atomic E-state index is 0. The Morgan fingerprint density at radius 3 is 2.31 bits per heavy atom. The Labute approximate surface area is 110 Å². The Morgan fingerprint density at radius 2 is 1.94 bits per heavy atom. The number of carbonyl (C=O) groups is 1. The smallest absolute Gasteiger partial charge is 0.307 e. The topological polar surface area (TPSA) is 69.6 Å². The summed E-state index contributed by atoms with van der Waals surface area (Å²) in [5, 5.41) is 20.6. The standard InChI is InChI=1S/C10H21NO3.2ClH/c1-3-4-5-9(10(13)14)6-11-8(2)7-12;;/h8-9,11-12H,3-7H2,1-2H3,(H,13,14);2*1H/t8-,9?;;/m1../s1. The first kappa shape index (κ1) is 21.3. The molecule has 6 heteroatoms. The lowest BCUT2D eigenvalue weighted by molar-refractivity contribution is -0.141. The van der Waals surface area contributed by atoms with Crippen molar-refractivity contribution in [3.63, 3.8) is 0 Å². The molecule has 0 aliphatic heterocycles. The van der Waals surface area contributed by atoms with E-state index in [9.17, 15) is 4.79 Å². The Hall–Kier alpha value is -0.0300. The molecular formula is C10H23Cl2NO3. The van der Waals surface area contributed by atoms with Crippen LogP contribution in [0.4, 0.5) is 0 Å². The molecule has 0 fully saturated rings. The molecule has 0 saturated heterocycles. The number of aliphatic hydroxyl groups excluding tert-OH is 1. The summed E-state index contributed by atoms with van der Waals surface area (Å²) in [6, 6.07) is -0.0292. The summed E-state index contributed by atoms with van der Waals surface area (Å²) in [5.74, 6) is -1.08. The lowest BCUT2D eigenvalue weighted by Gasteiger charge is -2.16. The summed E-state index contributed by atoms with van der Waals surface area (Å²) in [5.41, 5.74) is 0. The molecule has 100 valence electrons. The summed E-state index contributed by atoms with van der Waals surface area (Å²) in [4.78, 5) is 10.8. The average Bonchev–Trinajstić information content (AvgIpc) is 2.16. The maximum atomic E-state index is 10.8. The van der Waals surface area contributed by atoms with Crippen LogP contribution in [0.25, 0.3) is 0 Å². The van der Waals surface area contributed by atoms with Crippen LogP contribution in [0.5, 0.6) is 0 Å². The zero-order chi connectivity index (χ0) is 11.0. The van der Waals surface area contributed by atoms with Crippen molar-refractivity contribution < 1.29 is 15.0 Å². The first-order valence-electron chi connectivity index (χ1n) is 5.18. The van der Waals surface area contributed by atoms with Crippen LogP contribution in [0, 0.1) is 5.92 Å². The minimum Gasteiger partial charge on any atom is -0.481 e. The van der Waals surface area contributed by atoms with Crippen molar-refractivity contribution in [2.45, 2.75) is 39.2 Å². The van der Waals surface area contributed by atoms with Gasteiger partial charge in [0.25, 0.3) is 0 Å². The van der Waals surface area contributed by atoms with Crippen molar-refractivity contribution in [1.82, 2.24) is 5.32 Å². The van der Waals surface area contributed by atoms with Gasteiger partial charge in [-0.3, -0.25) is 4.79 Å². The van der Waals surface area contributed by atoms with E-state index >= 15 is 0 Å². The normalized spacial score (nSPS) is 13.2. The Morgan fingerprint density at radius 1 is 1.38 bits per heavy atom. The van der Waals surface area contributed by atoms with Gasteiger partial charge in [-0.25, -0.2) is 0 Å². The maximum absolute atomic E-state index is 10.8. The van der Waals surface area contributed by atoms with Gasteiger partial charge in [0.1, 0.15) is 0 Å². The largest absolute Gasteiger partial charge is 0.481 e. The second kappa shape index (κ2) is 13.0. The van der Waals surface area contributed by atoms with E-state index in [1.165, 1.54) is 0 Å². The van der Waals surface area contributed by atoms with E-state index in [4.69, 9.17) is 10.2 Å². The van der Waals surface area contributed by atoms with Crippen LogP contribution in [0.3, 0.4) is 0 Å². The molecule has 0 amide bonds. The summed E-state index contributed by atoms with van der Waals surface area (Å²) in [7, 11) is 0. The summed E-state index contributed by atoms with van der Waals surface area (Å²) in [6.45, 7) is 4.36. The van der Waals surface area contributed by atoms with E-state index in [1.807, 2.05) is 13.8 Å². The summed E-state index contributed by atoms with van der Waals surface area (Å²) in [6.07, 6.45) is 2.66. The fourth-order valence-electron chi connectivity index (χ4n) is 1.17. The second-order valence-electron chi connectivity index (χ2n) is 3.67. The number of rotatable bonds is 8. The van der Waals surface area contributed by atoms with Gasteiger partial charge in [0.2, 0.25) is 0 Å². The van der Waals surface area contributed by atoms with Crippen LogP contribution in [-0.4, -0.2) is 35.4 Å². The number of carboxylic acid groups (broad SMARTS) is 1. The van der Waals surface area contributed by atoms with Crippen molar-refractivity contribution in [3.05, 3.63) is 0 Å². The highest BCUT2D eigenvalue weighted by Crippen LogP contribution is 2.07. The molecule has 0 radical (unpaired) electrons. The number of aliphatic hydroxyl groups is 1. The van der Waals surface area contributed by atoms with Crippen molar-refractivity contribution in [1.29, 1.82) is 0 Å². The molecule has 0 aromatic rings. The molecule has 0 aliphatic carbocycles. The second-order valence-corrected chi connectivity index (χ2v) is 3.67. The van der Waals surface area contributed by atoms with Gasteiger partial charge in [-0.2, -0.15) is 0 Å². The van der Waals surface area contributed by atoms with Crippen molar-refractivity contribution in [2.75, 3.05) is 13.2 Å². The molecule has 0 saturated carbocycles. The number of aliphatic carboxylic acids is 1. The Kier molecular flexibility index (Phi) is 17.3. The maximum Gasteiger partial charge on any atom is 0.307 e. The molecule has 1 unspecified atom stereocenters. The van der Waals surface area contributed by atoms with Crippen molar-refractivity contribution in [2.24, 2.45) is 5.92 Å². The fraction of sp³-hybridized carbons (Fsp3) is 0.900. The average molecular weight is 276 g/mol. The van der Waals surface area contributed by atoms with Crippen molar-refractivity contribution >= 4 is 30.8 Å². The highest BCUT2D eigenvalue weighted by molar-refractivity contribution is 5.85. The first-order chi connectivity index (χ1) is 6.61. The highest BCUT2D eigenvalue weighted by atomic mass is 35.5. The number of nitrogens with one attached hydrogen (secondary N) is 1. The molecule has 0 bridgehead atoms. The van der Waals surface area contributed by atoms with Crippen LogP contribution in [0.15, 0.2) is 0 Å². The van der Waals surface area contributed by atoms with Gasteiger partial charge in [0, 0.05) is 12.6 Å². The van der Waals surface area contributed by atoms with Crippen LogP contribution >= 0.6 is 24.8 Å². The van der Waals surface area contributed by atoms with Gasteiger partial charge in [-0.15, -0.1) is 24.8 Å². The monoisotopic (exact) mass is 275 g/mol. The van der Waals surface area contributed by atoms with Gasteiger partial charge in [-0.05, 0) is 13.3 Å². The quantitative estimate of drug-likeness (QED) is 0.631. The van der Waals surface area contributed by atoms with Gasteiger partial charge >= 0.3 is 5.97 Å². The third-order valence-electron chi connectivity index (χ3n) is 2.24. The summed E-state index contributed by atoms with van der Waals surface area (Å²) < 4.78 is 0. The van der Waals surface area contributed by atoms with Gasteiger partial charge in [0.15, 0.2) is 0 Å². The predicted molar refractivity (Wildman–Crippen MR) is 69.7 cm³/mol. The summed E-state index contributed by atoms with van der Waals surface area (Å²) >= 11 is 0.